The summed E-state index contributed by atoms with van der Waals surface area (Å²) in [5, 5.41) is 1.86. The molecule has 0 unspecified atom stereocenters. The molecule has 3 aromatic rings. The Morgan fingerprint density at radius 1 is 1.06 bits per heavy atom. The van der Waals surface area contributed by atoms with Crippen molar-refractivity contribution in [1.82, 2.24) is 19.8 Å². The van der Waals surface area contributed by atoms with E-state index >= 15 is 0 Å². The lowest BCUT2D eigenvalue weighted by Gasteiger charge is -2.27. The van der Waals surface area contributed by atoms with E-state index in [1.165, 1.54) is 0 Å². The molecule has 1 aromatic carbocycles. The van der Waals surface area contributed by atoms with E-state index in [1.807, 2.05) is 42.3 Å². The molecule has 7 nitrogen and oxygen atoms in total. The first kappa shape index (κ1) is 20.8. The Balaban J connectivity index is 1.45. The van der Waals surface area contributed by atoms with Gasteiger partial charge >= 0.3 is 0 Å². The fourth-order valence-corrected chi connectivity index (χ4v) is 4.10. The molecule has 4 rings (SSSR count). The number of rotatable bonds is 4. The number of benzene rings is 1. The van der Waals surface area contributed by atoms with Gasteiger partial charge in [-0.1, -0.05) is 24.3 Å². The van der Waals surface area contributed by atoms with Crippen LogP contribution in [0.2, 0.25) is 0 Å². The molecule has 2 amide bonds. The van der Waals surface area contributed by atoms with Gasteiger partial charge in [0.2, 0.25) is 5.88 Å². The molecule has 0 bridgehead atoms. The Hall–Kier alpha value is -3.48. The molecule has 0 spiro atoms. The van der Waals surface area contributed by atoms with Crippen molar-refractivity contribution in [2.75, 3.05) is 27.2 Å². The van der Waals surface area contributed by atoms with Crippen molar-refractivity contribution in [1.29, 1.82) is 0 Å². The molecule has 0 radical (unpaired) electrons. The van der Waals surface area contributed by atoms with Crippen LogP contribution in [-0.2, 0) is 0 Å². The van der Waals surface area contributed by atoms with Crippen molar-refractivity contribution < 1.29 is 14.3 Å². The molecule has 7 heteroatoms. The summed E-state index contributed by atoms with van der Waals surface area (Å²) in [6.07, 6.45) is 5.63. The van der Waals surface area contributed by atoms with E-state index in [4.69, 9.17) is 4.74 Å². The van der Waals surface area contributed by atoms with Crippen molar-refractivity contribution in [2.24, 2.45) is 0 Å². The second-order valence-corrected chi connectivity index (χ2v) is 7.76. The quantitative estimate of drug-likeness (QED) is 0.649. The summed E-state index contributed by atoms with van der Waals surface area (Å²) >= 11 is 0. The van der Waals surface area contributed by atoms with Crippen LogP contribution in [0.5, 0.6) is 5.88 Å². The smallest absolute Gasteiger partial charge is 0.273 e. The summed E-state index contributed by atoms with van der Waals surface area (Å²) in [5.41, 5.74) is 1.02. The number of hydrogen-bond acceptors (Lipinski definition) is 5. The van der Waals surface area contributed by atoms with Gasteiger partial charge in [0.1, 0.15) is 5.69 Å². The topological polar surface area (TPSA) is 75.6 Å². The third kappa shape index (κ3) is 4.35. The van der Waals surface area contributed by atoms with Crippen LogP contribution in [0.15, 0.2) is 54.9 Å². The Labute approximate surface area is 181 Å². The van der Waals surface area contributed by atoms with Crippen LogP contribution in [-0.4, -0.2) is 64.9 Å². The minimum atomic E-state index is -0.0825. The Morgan fingerprint density at radius 2 is 1.90 bits per heavy atom. The highest BCUT2D eigenvalue weighted by Gasteiger charge is 2.27. The number of methoxy groups -OCH3 is 1. The molecule has 1 saturated heterocycles. The highest BCUT2D eigenvalue weighted by Crippen LogP contribution is 2.22. The normalized spacial score (nSPS) is 16.6. The van der Waals surface area contributed by atoms with Crippen molar-refractivity contribution >= 4 is 22.6 Å². The summed E-state index contributed by atoms with van der Waals surface area (Å²) in [6.45, 7) is 1.26. The standard InChI is InChI=1S/C24H26N4O3/c1-27(24(30)22-20-8-4-3-6-17(20)11-13-25-22)19-7-5-14-28(15-12-19)23(29)18-9-10-21(31-2)26-16-18/h3-4,6,8-11,13,16,19H,5,7,12,14-15H2,1-2H3/t19-/m1/s1. The molecule has 1 aliphatic rings. The highest BCUT2D eigenvalue weighted by molar-refractivity contribution is 6.05. The van der Waals surface area contributed by atoms with Gasteiger partial charge in [-0.3, -0.25) is 14.6 Å². The lowest BCUT2D eigenvalue weighted by Crippen LogP contribution is -2.39. The lowest BCUT2D eigenvalue weighted by molar-refractivity contribution is 0.0707. The predicted molar refractivity (Wildman–Crippen MR) is 118 cm³/mol. The van der Waals surface area contributed by atoms with E-state index in [9.17, 15) is 9.59 Å². The van der Waals surface area contributed by atoms with Crippen molar-refractivity contribution in [3.05, 3.63) is 66.1 Å². The minimum Gasteiger partial charge on any atom is -0.481 e. The number of carbonyl (C=O) groups excluding carboxylic acids is 2. The first-order chi connectivity index (χ1) is 15.1. The summed E-state index contributed by atoms with van der Waals surface area (Å²) in [7, 11) is 3.38. The number of amides is 2. The maximum atomic E-state index is 13.2. The zero-order valence-electron chi connectivity index (χ0n) is 17.8. The van der Waals surface area contributed by atoms with Crippen LogP contribution in [0.3, 0.4) is 0 Å². The van der Waals surface area contributed by atoms with Crippen molar-refractivity contribution in [2.45, 2.75) is 25.3 Å². The molecule has 31 heavy (non-hydrogen) atoms. The number of nitrogens with zero attached hydrogens (tertiary/aromatic N) is 4. The van der Waals surface area contributed by atoms with Crippen LogP contribution in [0.4, 0.5) is 0 Å². The van der Waals surface area contributed by atoms with Crippen LogP contribution in [0.1, 0.15) is 40.1 Å². The summed E-state index contributed by atoms with van der Waals surface area (Å²) in [4.78, 5) is 38.3. The second-order valence-electron chi connectivity index (χ2n) is 7.76. The SMILES string of the molecule is COc1ccc(C(=O)N2CCC[C@@H](N(C)C(=O)c3nccc4ccccc34)CC2)cn1. The molecular formula is C24H26N4O3. The number of fused-ring (bicyclic) bond motifs is 1. The molecule has 160 valence electrons. The molecule has 1 atom stereocenters. The summed E-state index contributed by atoms with van der Waals surface area (Å²) < 4.78 is 5.06. The number of ether oxygens (including phenoxy) is 1. The zero-order valence-corrected chi connectivity index (χ0v) is 17.8. The Kier molecular flexibility index (Phi) is 6.11. The predicted octanol–water partition coefficient (Wildman–Crippen LogP) is 3.41. The number of pyridine rings is 2. The minimum absolute atomic E-state index is 0.0412. The molecule has 0 aliphatic carbocycles. The average Bonchev–Trinajstić information content (AvgIpc) is 3.09. The molecule has 1 aliphatic heterocycles. The molecule has 0 N–H and O–H groups in total. The second kappa shape index (κ2) is 9.12. The van der Waals surface area contributed by atoms with E-state index < -0.39 is 0 Å². The Bertz CT molecular complexity index is 1080. The largest absolute Gasteiger partial charge is 0.481 e. The number of hydrogen-bond donors (Lipinski definition) is 0. The van der Waals surface area contributed by atoms with Gasteiger partial charge < -0.3 is 14.5 Å². The fraction of sp³-hybridized carbons (Fsp3) is 0.333. The first-order valence-electron chi connectivity index (χ1n) is 10.5. The number of carbonyl (C=O) groups is 2. The number of aromatic nitrogens is 2. The monoisotopic (exact) mass is 418 g/mol. The van der Waals surface area contributed by atoms with Crippen LogP contribution in [0.25, 0.3) is 10.8 Å². The maximum Gasteiger partial charge on any atom is 0.273 e. The average molecular weight is 418 g/mol. The van der Waals surface area contributed by atoms with Gasteiger partial charge in [-0.25, -0.2) is 4.98 Å². The number of likely N-dealkylation sites (tertiary alicyclic amines) is 1. The van der Waals surface area contributed by atoms with Gasteiger partial charge in [0, 0.05) is 50.0 Å². The molecular weight excluding hydrogens is 392 g/mol. The maximum absolute atomic E-state index is 13.2. The van der Waals surface area contributed by atoms with Crippen molar-refractivity contribution in [3.63, 3.8) is 0 Å². The highest BCUT2D eigenvalue weighted by atomic mass is 16.5. The van der Waals surface area contributed by atoms with E-state index in [-0.39, 0.29) is 17.9 Å². The zero-order chi connectivity index (χ0) is 21.8. The third-order valence-corrected chi connectivity index (χ3v) is 5.92. The molecule has 0 saturated carbocycles. The van der Waals surface area contributed by atoms with E-state index in [2.05, 4.69) is 9.97 Å². The van der Waals surface area contributed by atoms with Gasteiger partial charge in [-0.05, 0) is 36.8 Å². The van der Waals surface area contributed by atoms with Gasteiger partial charge in [0.25, 0.3) is 11.8 Å². The van der Waals surface area contributed by atoms with E-state index in [0.29, 0.717) is 30.2 Å². The van der Waals surface area contributed by atoms with Gasteiger partial charge in [0.15, 0.2) is 0 Å². The summed E-state index contributed by atoms with van der Waals surface area (Å²) in [5.74, 6) is 0.357. The molecule has 3 heterocycles. The van der Waals surface area contributed by atoms with Crippen LogP contribution < -0.4 is 4.74 Å². The molecule has 1 fully saturated rings. The third-order valence-electron chi connectivity index (χ3n) is 5.92. The van der Waals surface area contributed by atoms with Crippen molar-refractivity contribution in [3.8, 4) is 5.88 Å². The van der Waals surface area contributed by atoms with Crippen LogP contribution in [0, 0.1) is 0 Å². The van der Waals surface area contributed by atoms with Gasteiger partial charge in [0.05, 0.1) is 12.7 Å². The van der Waals surface area contributed by atoms with Crippen LogP contribution >= 0.6 is 0 Å². The van der Waals surface area contributed by atoms with Gasteiger partial charge in [-0.15, -0.1) is 0 Å². The first-order valence-corrected chi connectivity index (χ1v) is 10.5. The van der Waals surface area contributed by atoms with E-state index in [1.54, 1.807) is 36.5 Å². The Morgan fingerprint density at radius 3 is 2.68 bits per heavy atom. The fourth-order valence-electron chi connectivity index (χ4n) is 4.10. The van der Waals surface area contributed by atoms with Gasteiger partial charge in [-0.2, -0.15) is 0 Å². The summed E-state index contributed by atoms with van der Waals surface area (Å²) in [6, 6.07) is 13.2. The lowest BCUT2D eigenvalue weighted by atomic mass is 10.1. The molecule has 2 aromatic heterocycles. The van der Waals surface area contributed by atoms with E-state index in [0.717, 1.165) is 30.0 Å².